The number of carbonyl (C=O) groups is 1. The quantitative estimate of drug-likeness (QED) is 0.210. The molecule has 1 amide bonds. The summed E-state index contributed by atoms with van der Waals surface area (Å²) in [5.74, 6) is -0.211. The average Bonchev–Trinajstić information content (AvgIpc) is 3.43. The van der Waals surface area contributed by atoms with Gasteiger partial charge in [-0.15, -0.1) is 24.2 Å². The smallest absolute Gasteiger partial charge is 0.264 e. The number of amides is 1. The first-order valence-corrected chi connectivity index (χ1v) is 16.6. The van der Waals surface area contributed by atoms with Crippen LogP contribution in [0.4, 0.5) is 10.8 Å². The van der Waals surface area contributed by atoms with E-state index in [4.69, 9.17) is 9.72 Å². The number of carbonyl (C=O) groups excluding carboxylic acids is 1. The summed E-state index contributed by atoms with van der Waals surface area (Å²) in [5.41, 5.74) is 1.90. The van der Waals surface area contributed by atoms with Crippen LogP contribution >= 0.6 is 35.5 Å². The second-order valence-corrected chi connectivity index (χ2v) is 13.0. The van der Waals surface area contributed by atoms with Gasteiger partial charge in [0.15, 0.2) is 5.13 Å². The summed E-state index contributed by atoms with van der Waals surface area (Å²) < 4.78 is 34.7. The van der Waals surface area contributed by atoms with Crippen LogP contribution in [-0.4, -0.2) is 76.4 Å². The lowest BCUT2D eigenvalue weighted by Crippen LogP contribution is -2.43. The molecule has 41 heavy (non-hydrogen) atoms. The molecular weight excluding hydrogens is 600 g/mol. The molecule has 0 unspecified atom stereocenters. The van der Waals surface area contributed by atoms with Crippen molar-refractivity contribution >= 4 is 72.5 Å². The topological polar surface area (TPSA) is 83.1 Å². The van der Waals surface area contributed by atoms with E-state index in [2.05, 4.69) is 4.90 Å². The summed E-state index contributed by atoms with van der Waals surface area (Å²) in [5, 5.41) is 0.632. The van der Waals surface area contributed by atoms with Gasteiger partial charge in [0, 0.05) is 43.2 Å². The zero-order valence-electron chi connectivity index (χ0n) is 22.9. The van der Waals surface area contributed by atoms with Crippen molar-refractivity contribution in [3.63, 3.8) is 0 Å². The number of thioether (sulfide) groups is 1. The van der Waals surface area contributed by atoms with Crippen molar-refractivity contribution in [2.24, 2.45) is 0 Å². The Morgan fingerprint density at radius 3 is 2.39 bits per heavy atom. The summed E-state index contributed by atoms with van der Waals surface area (Å²) in [6.45, 7) is 6.24. The number of ether oxygens (including phenoxy) is 1. The molecule has 218 valence electrons. The minimum absolute atomic E-state index is 0. The van der Waals surface area contributed by atoms with Crippen LogP contribution in [0.1, 0.15) is 17.3 Å². The Bertz CT molecular complexity index is 1560. The summed E-state index contributed by atoms with van der Waals surface area (Å²) in [7, 11) is -3.79. The normalized spacial score (nSPS) is 14.0. The Hall–Kier alpha value is -2.67. The van der Waals surface area contributed by atoms with E-state index in [1.165, 1.54) is 27.8 Å². The van der Waals surface area contributed by atoms with Gasteiger partial charge in [-0.05, 0) is 61.7 Å². The lowest BCUT2D eigenvalue weighted by atomic mass is 10.2. The average molecular weight is 633 g/mol. The molecule has 4 aromatic rings. The van der Waals surface area contributed by atoms with E-state index in [1.807, 2.05) is 42.7 Å². The van der Waals surface area contributed by atoms with Crippen LogP contribution in [0.3, 0.4) is 0 Å². The fourth-order valence-electron chi connectivity index (χ4n) is 4.68. The van der Waals surface area contributed by atoms with Crippen molar-refractivity contribution in [3.05, 3.63) is 78.4 Å². The van der Waals surface area contributed by atoms with Gasteiger partial charge in [0.2, 0.25) is 0 Å². The Morgan fingerprint density at radius 2 is 1.73 bits per heavy atom. The Labute approximate surface area is 255 Å². The van der Waals surface area contributed by atoms with Gasteiger partial charge in [0.05, 0.1) is 34.0 Å². The number of sulfonamides is 1. The number of rotatable bonds is 10. The first-order valence-electron chi connectivity index (χ1n) is 13.2. The number of aromatic nitrogens is 1. The lowest BCUT2D eigenvalue weighted by Gasteiger charge is -2.29. The fourth-order valence-corrected chi connectivity index (χ4v) is 7.80. The molecule has 1 aliphatic rings. The van der Waals surface area contributed by atoms with Crippen LogP contribution in [0.25, 0.3) is 10.2 Å². The van der Waals surface area contributed by atoms with Gasteiger partial charge in [0.25, 0.3) is 15.9 Å². The van der Waals surface area contributed by atoms with E-state index in [0.29, 0.717) is 42.7 Å². The molecule has 12 heteroatoms. The van der Waals surface area contributed by atoms with Crippen LogP contribution in [-0.2, 0) is 14.8 Å². The first kappa shape index (κ1) is 31.3. The van der Waals surface area contributed by atoms with Crippen molar-refractivity contribution in [2.45, 2.75) is 16.7 Å². The van der Waals surface area contributed by atoms with Crippen molar-refractivity contribution in [3.8, 4) is 0 Å². The summed E-state index contributed by atoms with van der Waals surface area (Å²) >= 11 is 3.12. The molecule has 0 atom stereocenters. The number of hydrogen-bond acceptors (Lipinski definition) is 8. The van der Waals surface area contributed by atoms with Crippen molar-refractivity contribution in [2.75, 3.05) is 61.4 Å². The molecule has 5 rings (SSSR count). The maximum atomic E-state index is 13.9. The van der Waals surface area contributed by atoms with Crippen molar-refractivity contribution in [1.29, 1.82) is 0 Å². The molecule has 1 aliphatic heterocycles. The highest BCUT2D eigenvalue weighted by Gasteiger charge is 2.26. The molecule has 0 radical (unpaired) electrons. The van der Waals surface area contributed by atoms with Gasteiger partial charge in [0.1, 0.15) is 0 Å². The molecule has 0 saturated carbocycles. The van der Waals surface area contributed by atoms with E-state index in [0.717, 1.165) is 28.2 Å². The molecule has 0 bridgehead atoms. The van der Waals surface area contributed by atoms with E-state index in [-0.39, 0.29) is 29.8 Å². The van der Waals surface area contributed by atoms with Crippen molar-refractivity contribution < 1.29 is 17.9 Å². The van der Waals surface area contributed by atoms with Gasteiger partial charge in [-0.1, -0.05) is 35.6 Å². The zero-order valence-corrected chi connectivity index (χ0v) is 26.2. The third-order valence-electron chi connectivity index (χ3n) is 6.83. The van der Waals surface area contributed by atoms with Gasteiger partial charge >= 0.3 is 0 Å². The molecule has 2 heterocycles. The van der Waals surface area contributed by atoms with E-state index in [1.54, 1.807) is 47.9 Å². The highest BCUT2D eigenvalue weighted by molar-refractivity contribution is 7.98. The van der Waals surface area contributed by atoms with Gasteiger partial charge in [-0.3, -0.25) is 18.9 Å². The number of anilines is 2. The first-order chi connectivity index (χ1) is 19.4. The number of halogens is 1. The minimum atomic E-state index is -3.79. The number of thiazole rings is 1. The second-order valence-electron chi connectivity index (χ2n) is 9.24. The molecule has 1 fully saturated rings. The Balaban J connectivity index is 0.00000387. The summed E-state index contributed by atoms with van der Waals surface area (Å²) in [4.78, 5) is 24.0. The third-order valence-corrected chi connectivity index (χ3v) is 10.6. The zero-order chi connectivity index (χ0) is 28.1. The van der Waals surface area contributed by atoms with Crippen LogP contribution in [0.2, 0.25) is 0 Å². The molecule has 3 aromatic carbocycles. The summed E-state index contributed by atoms with van der Waals surface area (Å²) in [6, 6.07) is 21.3. The SMILES string of the molecule is CCN(c1ccccc1)S(=O)(=O)c1ccc(C(=O)N(CCN2CCOCC2)c2nc3c(SC)cccc3s2)cc1.Cl. The molecular formula is C29H33ClN4O4S3. The van der Waals surface area contributed by atoms with E-state index < -0.39 is 10.0 Å². The molecule has 8 nitrogen and oxygen atoms in total. The minimum Gasteiger partial charge on any atom is -0.379 e. The fraction of sp³-hybridized carbons (Fsp3) is 0.310. The molecule has 1 saturated heterocycles. The maximum absolute atomic E-state index is 13.9. The van der Waals surface area contributed by atoms with Gasteiger partial charge < -0.3 is 4.74 Å². The molecule has 0 spiro atoms. The van der Waals surface area contributed by atoms with Crippen LogP contribution in [0, 0.1) is 0 Å². The molecule has 0 aliphatic carbocycles. The van der Waals surface area contributed by atoms with Crippen LogP contribution < -0.4 is 9.21 Å². The van der Waals surface area contributed by atoms with Crippen LogP contribution in [0.15, 0.2) is 82.6 Å². The number of benzene rings is 3. The number of para-hydroxylation sites is 2. The monoisotopic (exact) mass is 632 g/mol. The highest BCUT2D eigenvalue weighted by Crippen LogP contribution is 2.35. The predicted octanol–water partition coefficient (Wildman–Crippen LogP) is 5.63. The number of fused-ring (bicyclic) bond motifs is 1. The number of morpholine rings is 1. The Morgan fingerprint density at radius 1 is 1.02 bits per heavy atom. The second kappa shape index (κ2) is 14.0. The maximum Gasteiger partial charge on any atom is 0.264 e. The highest BCUT2D eigenvalue weighted by atomic mass is 35.5. The van der Waals surface area contributed by atoms with Crippen molar-refractivity contribution in [1.82, 2.24) is 9.88 Å². The molecule has 0 N–H and O–H groups in total. The number of hydrogen-bond donors (Lipinski definition) is 0. The van der Waals surface area contributed by atoms with Gasteiger partial charge in [-0.2, -0.15) is 0 Å². The largest absolute Gasteiger partial charge is 0.379 e. The van der Waals surface area contributed by atoms with E-state index >= 15 is 0 Å². The van der Waals surface area contributed by atoms with Gasteiger partial charge in [-0.25, -0.2) is 13.4 Å². The number of nitrogens with zero attached hydrogens (tertiary/aromatic N) is 4. The third kappa shape index (κ3) is 6.87. The van der Waals surface area contributed by atoms with E-state index in [9.17, 15) is 13.2 Å². The Kier molecular flexibility index (Phi) is 10.7. The predicted molar refractivity (Wildman–Crippen MR) is 171 cm³/mol. The van der Waals surface area contributed by atoms with Crippen LogP contribution in [0.5, 0.6) is 0 Å². The molecule has 1 aromatic heterocycles. The standard InChI is InChI=1S/C29H32N4O4S3.ClH/c1-3-33(23-8-5-4-6-9-23)40(35,36)24-14-12-22(13-15-24)28(34)32(17-16-31-18-20-37-21-19-31)29-30-27-25(38-2)10-7-11-26(27)39-29;/h4-15H,3,16-21H2,1-2H3;1H. The summed E-state index contributed by atoms with van der Waals surface area (Å²) in [6.07, 6.45) is 2.02. The lowest BCUT2D eigenvalue weighted by molar-refractivity contribution is 0.0391.